The summed E-state index contributed by atoms with van der Waals surface area (Å²) in [6.07, 6.45) is 7.76. The Hall–Kier alpha value is -1.97. The summed E-state index contributed by atoms with van der Waals surface area (Å²) in [4.78, 5) is 11.7. The topological polar surface area (TPSA) is 50.4 Å². The molecule has 1 aromatic rings. The molecule has 108 valence electrons. The van der Waals surface area contributed by atoms with Gasteiger partial charge in [0.2, 0.25) is 0 Å². The van der Waals surface area contributed by atoms with Crippen molar-refractivity contribution in [1.82, 2.24) is 10.6 Å². The van der Waals surface area contributed by atoms with Crippen LogP contribution in [0.15, 0.2) is 36.4 Å². The van der Waals surface area contributed by atoms with Crippen LogP contribution in [0.4, 0.5) is 4.79 Å². The van der Waals surface area contributed by atoms with Crippen molar-refractivity contribution in [1.29, 1.82) is 0 Å². The molecule has 1 aliphatic rings. The fourth-order valence-electron chi connectivity index (χ4n) is 2.27. The number of allylic oxidation sites excluding steroid dienone is 2. The third-order valence-corrected chi connectivity index (χ3v) is 3.54. The van der Waals surface area contributed by atoms with Crippen molar-refractivity contribution in [3.63, 3.8) is 0 Å². The van der Waals surface area contributed by atoms with Crippen LogP contribution in [-0.2, 0) is 6.54 Å². The predicted molar refractivity (Wildman–Crippen MR) is 79.7 cm³/mol. The number of methoxy groups -OCH3 is 1. The second-order valence-corrected chi connectivity index (χ2v) is 5.06. The average molecular weight is 274 g/mol. The van der Waals surface area contributed by atoms with Gasteiger partial charge in [-0.25, -0.2) is 4.79 Å². The standard InChI is InChI=1S/C16H22N2O2/c1-20-15-9-7-14(8-10-15)12-18-16(19)17-11-13-5-3-2-4-6-13/h2-3,7-10,13H,4-6,11-12H2,1H3,(H2,17,18,19). The normalized spacial score (nSPS) is 17.6. The zero-order valence-corrected chi connectivity index (χ0v) is 11.9. The first kappa shape index (κ1) is 14.4. The van der Waals surface area contributed by atoms with E-state index in [1.807, 2.05) is 24.3 Å². The quantitative estimate of drug-likeness (QED) is 0.811. The lowest BCUT2D eigenvalue weighted by atomic mass is 9.94. The Labute approximate surface area is 120 Å². The molecule has 4 heteroatoms. The Balaban J connectivity index is 1.67. The molecule has 1 aromatic carbocycles. The largest absolute Gasteiger partial charge is 0.497 e. The molecule has 0 aromatic heterocycles. The van der Waals surface area contributed by atoms with E-state index >= 15 is 0 Å². The Kier molecular flexibility index (Phi) is 5.47. The third-order valence-electron chi connectivity index (χ3n) is 3.54. The second kappa shape index (κ2) is 7.58. The zero-order valence-electron chi connectivity index (χ0n) is 11.9. The predicted octanol–water partition coefficient (Wildman–Crippen LogP) is 2.85. The van der Waals surface area contributed by atoms with Gasteiger partial charge in [-0.2, -0.15) is 0 Å². The number of hydrogen-bond acceptors (Lipinski definition) is 2. The van der Waals surface area contributed by atoms with Gasteiger partial charge in [-0.05, 0) is 42.9 Å². The molecule has 0 saturated carbocycles. The lowest BCUT2D eigenvalue weighted by Crippen LogP contribution is -2.38. The second-order valence-electron chi connectivity index (χ2n) is 5.06. The summed E-state index contributed by atoms with van der Waals surface area (Å²) in [7, 11) is 1.64. The highest BCUT2D eigenvalue weighted by atomic mass is 16.5. The summed E-state index contributed by atoms with van der Waals surface area (Å²) >= 11 is 0. The van der Waals surface area contributed by atoms with Crippen molar-refractivity contribution in [3.05, 3.63) is 42.0 Å². The molecule has 0 fully saturated rings. The van der Waals surface area contributed by atoms with Gasteiger partial charge in [-0.15, -0.1) is 0 Å². The zero-order chi connectivity index (χ0) is 14.2. The maximum atomic E-state index is 11.7. The van der Waals surface area contributed by atoms with Gasteiger partial charge >= 0.3 is 6.03 Å². The van der Waals surface area contributed by atoms with Crippen molar-refractivity contribution >= 4 is 6.03 Å². The van der Waals surface area contributed by atoms with Crippen molar-refractivity contribution in [2.24, 2.45) is 5.92 Å². The monoisotopic (exact) mass is 274 g/mol. The van der Waals surface area contributed by atoms with Gasteiger partial charge in [0.05, 0.1) is 7.11 Å². The highest BCUT2D eigenvalue weighted by Gasteiger charge is 2.10. The highest BCUT2D eigenvalue weighted by molar-refractivity contribution is 5.73. The first-order valence-electron chi connectivity index (χ1n) is 7.07. The number of urea groups is 1. The summed E-state index contributed by atoms with van der Waals surface area (Å²) in [5, 5.41) is 5.80. The summed E-state index contributed by atoms with van der Waals surface area (Å²) in [6.45, 7) is 1.28. The van der Waals surface area contributed by atoms with E-state index in [9.17, 15) is 4.79 Å². The lowest BCUT2D eigenvalue weighted by molar-refractivity contribution is 0.238. The molecule has 2 N–H and O–H groups in total. The number of amides is 2. The van der Waals surface area contributed by atoms with E-state index in [1.165, 1.54) is 0 Å². The molecular formula is C16H22N2O2. The van der Waals surface area contributed by atoms with E-state index in [0.717, 1.165) is 37.1 Å². The number of hydrogen-bond donors (Lipinski definition) is 2. The molecule has 20 heavy (non-hydrogen) atoms. The summed E-state index contributed by atoms with van der Waals surface area (Å²) in [5.41, 5.74) is 1.06. The number of carbonyl (C=O) groups is 1. The molecule has 0 saturated heterocycles. The van der Waals surface area contributed by atoms with E-state index in [-0.39, 0.29) is 6.03 Å². The van der Waals surface area contributed by atoms with E-state index in [2.05, 4.69) is 22.8 Å². The number of nitrogens with one attached hydrogen (secondary N) is 2. The maximum absolute atomic E-state index is 11.7. The minimum Gasteiger partial charge on any atom is -0.497 e. The highest BCUT2D eigenvalue weighted by Crippen LogP contribution is 2.16. The van der Waals surface area contributed by atoms with Gasteiger partial charge in [-0.1, -0.05) is 24.3 Å². The van der Waals surface area contributed by atoms with Crippen LogP contribution < -0.4 is 15.4 Å². The number of ether oxygens (including phenoxy) is 1. The molecular weight excluding hydrogens is 252 g/mol. The molecule has 2 rings (SSSR count). The van der Waals surface area contributed by atoms with Crippen LogP contribution in [0.3, 0.4) is 0 Å². The van der Waals surface area contributed by atoms with Gasteiger partial charge in [0.15, 0.2) is 0 Å². The van der Waals surface area contributed by atoms with Crippen LogP contribution in [0.25, 0.3) is 0 Å². The molecule has 2 amide bonds. The molecule has 0 spiro atoms. The third kappa shape index (κ3) is 4.61. The van der Waals surface area contributed by atoms with Crippen LogP contribution >= 0.6 is 0 Å². The minimum absolute atomic E-state index is 0.102. The summed E-state index contributed by atoms with van der Waals surface area (Å²) < 4.78 is 5.10. The molecule has 1 unspecified atom stereocenters. The van der Waals surface area contributed by atoms with Crippen LogP contribution in [0.1, 0.15) is 24.8 Å². The Morgan fingerprint density at radius 3 is 2.70 bits per heavy atom. The molecule has 0 bridgehead atoms. The van der Waals surface area contributed by atoms with Crippen LogP contribution in [0.2, 0.25) is 0 Å². The molecule has 0 aliphatic heterocycles. The van der Waals surface area contributed by atoms with Crippen LogP contribution in [0.5, 0.6) is 5.75 Å². The van der Waals surface area contributed by atoms with Gasteiger partial charge in [-0.3, -0.25) is 0 Å². The molecule has 4 nitrogen and oxygen atoms in total. The first-order chi connectivity index (χ1) is 9.78. The van der Waals surface area contributed by atoms with E-state index in [1.54, 1.807) is 7.11 Å². The number of benzene rings is 1. The van der Waals surface area contributed by atoms with Gasteiger partial charge in [0, 0.05) is 13.1 Å². The van der Waals surface area contributed by atoms with Gasteiger partial charge in [0.25, 0.3) is 0 Å². The Morgan fingerprint density at radius 1 is 1.25 bits per heavy atom. The van der Waals surface area contributed by atoms with Crippen molar-refractivity contribution < 1.29 is 9.53 Å². The van der Waals surface area contributed by atoms with E-state index in [4.69, 9.17) is 4.74 Å². The van der Waals surface area contributed by atoms with E-state index < -0.39 is 0 Å². The SMILES string of the molecule is COc1ccc(CNC(=O)NCC2CC=CCC2)cc1. The Morgan fingerprint density at radius 2 is 2.05 bits per heavy atom. The Bertz CT molecular complexity index is 454. The van der Waals surface area contributed by atoms with Crippen molar-refractivity contribution in [2.75, 3.05) is 13.7 Å². The number of carbonyl (C=O) groups excluding carboxylic acids is 1. The average Bonchev–Trinajstić information content (AvgIpc) is 2.52. The first-order valence-corrected chi connectivity index (χ1v) is 7.07. The van der Waals surface area contributed by atoms with Gasteiger partial charge < -0.3 is 15.4 Å². The van der Waals surface area contributed by atoms with Crippen LogP contribution in [0, 0.1) is 5.92 Å². The number of rotatable bonds is 5. The maximum Gasteiger partial charge on any atom is 0.315 e. The minimum atomic E-state index is -0.102. The molecule has 1 aliphatic carbocycles. The fraction of sp³-hybridized carbons (Fsp3) is 0.438. The summed E-state index contributed by atoms with van der Waals surface area (Å²) in [6, 6.07) is 7.58. The summed E-state index contributed by atoms with van der Waals surface area (Å²) in [5.74, 6) is 1.40. The van der Waals surface area contributed by atoms with Gasteiger partial charge in [0.1, 0.15) is 5.75 Å². The van der Waals surface area contributed by atoms with Crippen molar-refractivity contribution in [2.45, 2.75) is 25.8 Å². The van der Waals surface area contributed by atoms with Crippen molar-refractivity contribution in [3.8, 4) is 5.75 Å². The molecule has 1 atom stereocenters. The molecule has 0 radical (unpaired) electrons. The fourth-order valence-corrected chi connectivity index (χ4v) is 2.27. The van der Waals surface area contributed by atoms with Crippen LogP contribution in [-0.4, -0.2) is 19.7 Å². The smallest absolute Gasteiger partial charge is 0.315 e. The lowest BCUT2D eigenvalue weighted by Gasteiger charge is -2.18. The molecule has 0 heterocycles. The van der Waals surface area contributed by atoms with E-state index in [0.29, 0.717) is 12.5 Å².